The quantitative estimate of drug-likeness (QED) is 0.612. The Morgan fingerprint density at radius 3 is 2.29 bits per heavy atom. The van der Waals surface area contributed by atoms with E-state index in [0.717, 1.165) is 17.8 Å². The summed E-state index contributed by atoms with van der Waals surface area (Å²) < 4.78 is 0. The number of anilines is 1. The van der Waals surface area contributed by atoms with Crippen LogP contribution < -0.4 is 5.32 Å². The van der Waals surface area contributed by atoms with E-state index in [1.165, 1.54) is 24.8 Å². The van der Waals surface area contributed by atoms with Gasteiger partial charge in [-0.2, -0.15) is 0 Å². The molecule has 17 heavy (non-hydrogen) atoms. The maximum absolute atomic E-state index is 3.83. The molecule has 1 aliphatic rings. The first-order valence-corrected chi connectivity index (χ1v) is 6.50. The lowest BCUT2D eigenvalue weighted by atomic mass is 10.2. The van der Waals surface area contributed by atoms with Crippen molar-refractivity contribution in [2.45, 2.75) is 33.1 Å². The molecular formula is C15H23NS. The Bertz CT molecular complexity index is 329. The van der Waals surface area contributed by atoms with E-state index in [1.807, 2.05) is 6.92 Å². The van der Waals surface area contributed by atoms with E-state index in [1.54, 1.807) is 0 Å². The van der Waals surface area contributed by atoms with E-state index in [2.05, 4.69) is 61.2 Å². The van der Waals surface area contributed by atoms with Crippen LogP contribution in [0, 0.1) is 6.92 Å². The van der Waals surface area contributed by atoms with E-state index >= 15 is 0 Å². The lowest BCUT2D eigenvalue weighted by Gasteiger charge is -2.05. The molecule has 1 saturated carbocycles. The number of rotatable bonds is 3. The molecule has 1 aromatic carbocycles. The molecule has 1 fully saturated rings. The first-order valence-electron chi connectivity index (χ1n) is 5.92. The van der Waals surface area contributed by atoms with Crippen molar-refractivity contribution >= 4 is 23.8 Å². The summed E-state index contributed by atoms with van der Waals surface area (Å²) in [5.74, 6) is 2.83. The van der Waals surface area contributed by atoms with Gasteiger partial charge in [-0.25, -0.2) is 0 Å². The minimum atomic E-state index is 0.851. The molecule has 1 aromatic rings. The van der Waals surface area contributed by atoms with Gasteiger partial charge in [-0.3, -0.25) is 0 Å². The summed E-state index contributed by atoms with van der Waals surface area (Å²) in [5, 5.41) is 3.29. The smallest absolute Gasteiger partial charge is 0.0354 e. The summed E-state index contributed by atoms with van der Waals surface area (Å²) in [5.41, 5.74) is 3.59. The number of hydrogen-bond acceptors (Lipinski definition) is 2. The normalized spacial score (nSPS) is 11.2. The van der Waals surface area contributed by atoms with Crippen molar-refractivity contribution in [1.82, 2.24) is 0 Å². The second-order valence-corrected chi connectivity index (χ2v) is 4.24. The second kappa shape index (κ2) is 10.0. The van der Waals surface area contributed by atoms with Gasteiger partial charge in [0, 0.05) is 12.2 Å². The van der Waals surface area contributed by atoms with Crippen LogP contribution in [0.25, 0.3) is 0 Å². The Kier molecular flexibility index (Phi) is 9.35. The van der Waals surface area contributed by atoms with Crippen molar-refractivity contribution in [2.24, 2.45) is 0 Å². The largest absolute Gasteiger partial charge is 0.381 e. The van der Waals surface area contributed by atoms with Crippen LogP contribution in [0.4, 0.5) is 5.69 Å². The van der Waals surface area contributed by atoms with Gasteiger partial charge in [0.05, 0.1) is 0 Å². The Labute approximate surface area is 111 Å². The molecule has 0 unspecified atom stereocenters. The van der Waals surface area contributed by atoms with Gasteiger partial charge >= 0.3 is 0 Å². The highest BCUT2D eigenvalue weighted by Crippen LogP contribution is 2.14. The third-order valence-electron chi connectivity index (χ3n) is 1.97. The first kappa shape index (κ1) is 15.9. The van der Waals surface area contributed by atoms with Gasteiger partial charge in [-0.15, -0.1) is 0 Å². The monoisotopic (exact) mass is 249 g/mol. The predicted octanol–water partition coefficient (Wildman–Crippen LogP) is 4.77. The number of thiocarbonyl (C=S) groups is 1. The highest BCUT2D eigenvalue weighted by Gasteiger charge is 1.95. The van der Waals surface area contributed by atoms with Crippen LogP contribution >= 0.6 is 12.2 Å². The zero-order chi connectivity index (χ0) is 13.1. The van der Waals surface area contributed by atoms with Gasteiger partial charge < -0.3 is 5.32 Å². The van der Waals surface area contributed by atoms with Gasteiger partial charge in [0.15, 0.2) is 0 Å². The molecule has 0 aromatic heterocycles. The maximum Gasteiger partial charge on any atom is 0.0354 e. The zero-order valence-electron chi connectivity index (χ0n) is 11.0. The molecule has 0 amide bonds. The minimum absolute atomic E-state index is 0.851. The van der Waals surface area contributed by atoms with Crippen LogP contribution in [0.3, 0.4) is 0 Å². The van der Waals surface area contributed by atoms with Gasteiger partial charge in [0.2, 0.25) is 0 Å². The molecule has 0 heterocycles. The van der Waals surface area contributed by atoms with Crippen molar-refractivity contribution in [3.8, 4) is 0 Å². The molecular weight excluding hydrogens is 226 g/mol. The van der Waals surface area contributed by atoms with Crippen LogP contribution in [0.15, 0.2) is 36.4 Å². The molecule has 1 aliphatic carbocycles. The first-order chi connectivity index (χ1) is 8.18. The average Bonchev–Trinajstić information content (AvgIpc) is 3.17. The highest BCUT2D eigenvalue weighted by molar-refractivity contribution is 7.77. The minimum Gasteiger partial charge on any atom is -0.381 e. The van der Waals surface area contributed by atoms with E-state index in [-0.39, 0.29) is 0 Å². The van der Waals surface area contributed by atoms with Crippen LogP contribution in [0.1, 0.15) is 31.7 Å². The fourth-order valence-electron chi connectivity index (χ4n) is 1.01. The third kappa shape index (κ3) is 11.1. The summed E-state index contributed by atoms with van der Waals surface area (Å²) in [4.78, 5) is 0. The molecule has 0 atom stereocenters. The van der Waals surface area contributed by atoms with Crippen molar-refractivity contribution in [1.29, 1.82) is 0 Å². The van der Waals surface area contributed by atoms with Crippen LogP contribution in [-0.4, -0.2) is 12.4 Å². The molecule has 1 nitrogen and oxygen atoms in total. The van der Waals surface area contributed by atoms with E-state index in [0.29, 0.717) is 0 Å². The van der Waals surface area contributed by atoms with Gasteiger partial charge in [-0.1, -0.05) is 55.8 Å². The summed E-state index contributed by atoms with van der Waals surface area (Å²) in [6, 6.07) is 8.33. The van der Waals surface area contributed by atoms with Gasteiger partial charge in [0.25, 0.3) is 0 Å². The Hall–Kier alpha value is -1.15. The van der Waals surface area contributed by atoms with E-state index in [4.69, 9.17) is 0 Å². The molecule has 2 rings (SSSR count). The van der Waals surface area contributed by atoms with Gasteiger partial charge in [0.1, 0.15) is 0 Å². The second-order valence-electron chi connectivity index (χ2n) is 4.24. The summed E-state index contributed by atoms with van der Waals surface area (Å²) in [6.45, 7) is 8.79. The number of nitrogens with one attached hydrogen (secondary N) is 1. The standard InChI is InChI=1S/C11H15N.C3H6.CH2S/c1-9(2)8-12-11-6-4-5-10(3)7-11;1-2-3-1;1-2/h4-7,12H,1,8H2,2-3H3;1-3H2;1H2. The summed E-state index contributed by atoms with van der Waals surface area (Å²) in [7, 11) is 0. The maximum atomic E-state index is 3.83. The molecule has 0 aliphatic heterocycles. The molecule has 0 saturated heterocycles. The molecule has 0 spiro atoms. The Morgan fingerprint density at radius 2 is 1.88 bits per heavy atom. The van der Waals surface area contributed by atoms with Gasteiger partial charge in [-0.05, 0) is 37.4 Å². The average molecular weight is 249 g/mol. The van der Waals surface area contributed by atoms with Crippen molar-refractivity contribution in [2.75, 3.05) is 11.9 Å². The molecule has 1 N–H and O–H groups in total. The van der Waals surface area contributed by atoms with Crippen LogP contribution in [0.2, 0.25) is 0 Å². The fraction of sp³-hybridized carbons (Fsp3) is 0.400. The van der Waals surface area contributed by atoms with E-state index < -0.39 is 0 Å². The Balaban J connectivity index is 0.000000429. The molecule has 2 heteroatoms. The molecule has 0 radical (unpaired) electrons. The lowest BCUT2D eigenvalue weighted by Crippen LogP contribution is -2.01. The Morgan fingerprint density at radius 1 is 1.29 bits per heavy atom. The fourth-order valence-corrected chi connectivity index (χ4v) is 1.01. The summed E-state index contributed by atoms with van der Waals surface area (Å²) >= 11 is 3.83. The summed E-state index contributed by atoms with van der Waals surface area (Å²) in [6.07, 6.45) is 4.50. The van der Waals surface area contributed by atoms with Crippen molar-refractivity contribution < 1.29 is 0 Å². The van der Waals surface area contributed by atoms with Crippen molar-refractivity contribution in [3.63, 3.8) is 0 Å². The number of hydrogen-bond donors (Lipinski definition) is 1. The number of aryl methyl sites for hydroxylation is 1. The van der Waals surface area contributed by atoms with Crippen molar-refractivity contribution in [3.05, 3.63) is 42.0 Å². The highest BCUT2D eigenvalue weighted by atomic mass is 32.1. The van der Waals surface area contributed by atoms with Crippen LogP contribution in [-0.2, 0) is 0 Å². The topological polar surface area (TPSA) is 12.0 Å². The SMILES string of the molecule is C1CC1.C=C(C)CNc1cccc(C)c1.C=S. The van der Waals surface area contributed by atoms with E-state index in [9.17, 15) is 0 Å². The number of benzene rings is 1. The zero-order valence-corrected chi connectivity index (χ0v) is 11.8. The molecule has 94 valence electrons. The predicted molar refractivity (Wildman–Crippen MR) is 83.0 cm³/mol. The molecule has 0 bridgehead atoms. The van der Waals surface area contributed by atoms with Crippen LogP contribution in [0.5, 0.6) is 0 Å². The third-order valence-corrected chi connectivity index (χ3v) is 1.97. The lowest BCUT2D eigenvalue weighted by molar-refractivity contribution is 1.21.